The molecule has 0 radical (unpaired) electrons. The first-order chi connectivity index (χ1) is 13.1. The molecular weight excluding hydrogens is 368 g/mol. The molecule has 2 aromatic carbocycles. The van der Waals surface area contributed by atoms with Crippen LogP contribution >= 0.6 is 11.8 Å². The number of halogens is 2. The van der Waals surface area contributed by atoms with Crippen molar-refractivity contribution in [3.63, 3.8) is 0 Å². The summed E-state index contributed by atoms with van der Waals surface area (Å²) in [6, 6.07) is 14.5. The van der Waals surface area contributed by atoms with Gasteiger partial charge in [-0.2, -0.15) is 5.26 Å². The van der Waals surface area contributed by atoms with E-state index in [4.69, 9.17) is 0 Å². The molecule has 4 nitrogen and oxygen atoms in total. The number of allylic oxidation sites excluding steroid dienone is 1. The normalized spacial score (nSPS) is 19.7. The number of carbonyl (C=O) groups is 1. The third-order valence-electron chi connectivity index (χ3n) is 4.77. The molecule has 2 aromatic rings. The van der Waals surface area contributed by atoms with Crippen molar-refractivity contribution in [3.05, 3.63) is 76.3 Å². The number of hydrogen-bond donors (Lipinski definition) is 0. The first-order valence-electron chi connectivity index (χ1n) is 8.41. The molecule has 0 bridgehead atoms. The van der Waals surface area contributed by atoms with Gasteiger partial charge in [0.15, 0.2) is 0 Å². The number of nitriles is 1. The first kappa shape index (κ1) is 17.6. The molecule has 0 aromatic heterocycles. The summed E-state index contributed by atoms with van der Waals surface area (Å²) in [5, 5.41) is 10.3. The Morgan fingerprint density at radius 1 is 1.11 bits per heavy atom. The number of nitrogens with zero attached hydrogens (tertiary/aromatic N) is 3. The Bertz CT molecular complexity index is 968. The van der Waals surface area contributed by atoms with E-state index >= 15 is 0 Å². The van der Waals surface area contributed by atoms with E-state index in [9.17, 15) is 18.8 Å². The predicted octanol–water partition coefficient (Wildman–Crippen LogP) is 4.18. The Labute approximate surface area is 159 Å². The molecule has 0 spiro atoms. The van der Waals surface area contributed by atoms with E-state index in [2.05, 4.69) is 6.07 Å². The fourth-order valence-corrected chi connectivity index (χ4v) is 4.57. The van der Waals surface area contributed by atoms with E-state index in [1.165, 1.54) is 30.0 Å². The van der Waals surface area contributed by atoms with E-state index in [-0.39, 0.29) is 24.8 Å². The van der Waals surface area contributed by atoms with Crippen LogP contribution < -0.4 is 4.90 Å². The summed E-state index contributed by atoms with van der Waals surface area (Å²) in [6.07, 6.45) is 0.0468. The second kappa shape index (κ2) is 7.05. The van der Waals surface area contributed by atoms with E-state index < -0.39 is 11.7 Å². The van der Waals surface area contributed by atoms with Gasteiger partial charge in [0.1, 0.15) is 11.6 Å². The van der Waals surface area contributed by atoms with Crippen LogP contribution in [-0.4, -0.2) is 23.4 Å². The lowest BCUT2D eigenvalue weighted by Crippen LogP contribution is -2.47. The summed E-state index contributed by atoms with van der Waals surface area (Å²) in [5.41, 5.74) is 1.59. The average molecular weight is 383 g/mol. The van der Waals surface area contributed by atoms with Crippen LogP contribution in [0.25, 0.3) is 0 Å². The van der Waals surface area contributed by atoms with Gasteiger partial charge >= 0.3 is 0 Å². The zero-order valence-electron chi connectivity index (χ0n) is 14.2. The van der Waals surface area contributed by atoms with Crippen LogP contribution in [0.2, 0.25) is 0 Å². The van der Waals surface area contributed by atoms with Crippen molar-refractivity contribution in [1.82, 2.24) is 4.90 Å². The minimum atomic E-state index is -0.570. The van der Waals surface area contributed by atoms with Gasteiger partial charge in [0.25, 0.3) is 0 Å². The SMILES string of the molecule is N#CC1=C2SCN(c3ccc(F)cc3)CN2C(=O)CC1c1ccccc1F. The highest BCUT2D eigenvalue weighted by atomic mass is 32.2. The van der Waals surface area contributed by atoms with E-state index in [0.29, 0.717) is 22.0 Å². The number of benzene rings is 2. The van der Waals surface area contributed by atoms with Gasteiger partial charge in [0, 0.05) is 18.0 Å². The molecule has 1 unspecified atom stereocenters. The Balaban J connectivity index is 1.68. The zero-order chi connectivity index (χ0) is 19.0. The quantitative estimate of drug-likeness (QED) is 0.780. The number of anilines is 1. The lowest BCUT2D eigenvalue weighted by atomic mass is 9.86. The highest BCUT2D eigenvalue weighted by Gasteiger charge is 2.39. The standard InChI is InChI=1S/C20H15F2N3OS/c21-13-5-7-14(8-6-13)24-11-25-19(26)9-16(15-3-1-2-4-18(15)22)17(10-23)20(25)27-12-24/h1-8,16H,9,11-12H2. The topological polar surface area (TPSA) is 47.3 Å². The summed E-state index contributed by atoms with van der Waals surface area (Å²) < 4.78 is 27.4. The number of carbonyl (C=O) groups excluding carboxylic acids is 1. The van der Waals surface area contributed by atoms with Gasteiger partial charge in [-0.1, -0.05) is 30.0 Å². The molecule has 0 N–H and O–H groups in total. The first-order valence-corrected chi connectivity index (χ1v) is 9.39. The molecule has 7 heteroatoms. The minimum absolute atomic E-state index is 0.0468. The number of rotatable bonds is 2. The average Bonchev–Trinajstić information content (AvgIpc) is 2.69. The van der Waals surface area contributed by atoms with Crippen LogP contribution in [0.1, 0.15) is 17.9 Å². The van der Waals surface area contributed by atoms with Gasteiger partial charge in [0.05, 0.1) is 29.2 Å². The summed E-state index contributed by atoms with van der Waals surface area (Å²) in [7, 11) is 0. The van der Waals surface area contributed by atoms with Crippen molar-refractivity contribution in [1.29, 1.82) is 5.26 Å². The van der Waals surface area contributed by atoms with E-state index in [1.54, 1.807) is 35.2 Å². The summed E-state index contributed by atoms with van der Waals surface area (Å²) >= 11 is 1.37. The Hall–Kier alpha value is -2.85. The van der Waals surface area contributed by atoms with Crippen LogP contribution in [0.5, 0.6) is 0 Å². The molecule has 1 amide bonds. The van der Waals surface area contributed by atoms with Crippen LogP contribution in [0.4, 0.5) is 14.5 Å². The molecule has 1 saturated heterocycles. The lowest BCUT2D eigenvalue weighted by Gasteiger charge is -2.42. The molecule has 0 saturated carbocycles. The summed E-state index contributed by atoms with van der Waals surface area (Å²) in [4.78, 5) is 16.3. The number of hydrogen-bond acceptors (Lipinski definition) is 4. The third kappa shape index (κ3) is 3.17. The molecule has 1 atom stereocenters. The fourth-order valence-electron chi connectivity index (χ4n) is 3.40. The van der Waals surface area contributed by atoms with Crippen molar-refractivity contribution < 1.29 is 13.6 Å². The summed E-state index contributed by atoms with van der Waals surface area (Å²) in [5.74, 6) is -0.945. The van der Waals surface area contributed by atoms with Crippen molar-refractivity contribution in [2.75, 3.05) is 17.4 Å². The molecular formula is C20H15F2N3OS. The van der Waals surface area contributed by atoms with Crippen molar-refractivity contribution >= 4 is 23.4 Å². The molecule has 0 aliphatic carbocycles. The van der Waals surface area contributed by atoms with Crippen molar-refractivity contribution in [3.8, 4) is 6.07 Å². The molecule has 4 rings (SSSR count). The van der Waals surface area contributed by atoms with Crippen LogP contribution in [0, 0.1) is 23.0 Å². The van der Waals surface area contributed by atoms with Crippen molar-refractivity contribution in [2.24, 2.45) is 0 Å². The van der Waals surface area contributed by atoms with Gasteiger partial charge in [-0.15, -0.1) is 0 Å². The maximum Gasteiger partial charge on any atom is 0.229 e. The molecule has 2 aliphatic heterocycles. The second-order valence-electron chi connectivity index (χ2n) is 6.36. The minimum Gasteiger partial charge on any atom is -0.344 e. The second-order valence-corrected chi connectivity index (χ2v) is 7.30. The summed E-state index contributed by atoms with van der Waals surface area (Å²) in [6.45, 7) is 0.280. The predicted molar refractivity (Wildman–Crippen MR) is 99.4 cm³/mol. The fraction of sp³-hybridized carbons (Fsp3) is 0.200. The van der Waals surface area contributed by atoms with E-state index in [0.717, 1.165) is 5.69 Å². The highest BCUT2D eigenvalue weighted by molar-refractivity contribution is 8.03. The van der Waals surface area contributed by atoms with E-state index in [1.807, 2.05) is 4.90 Å². The van der Waals surface area contributed by atoms with Crippen molar-refractivity contribution in [2.45, 2.75) is 12.3 Å². The molecule has 2 heterocycles. The van der Waals surface area contributed by atoms with Crippen LogP contribution in [-0.2, 0) is 4.79 Å². The lowest BCUT2D eigenvalue weighted by molar-refractivity contribution is -0.129. The third-order valence-corrected chi connectivity index (χ3v) is 5.92. The molecule has 136 valence electrons. The van der Waals surface area contributed by atoms with Gasteiger partial charge in [-0.3, -0.25) is 9.69 Å². The molecule has 27 heavy (non-hydrogen) atoms. The van der Waals surface area contributed by atoms with Gasteiger partial charge < -0.3 is 4.90 Å². The van der Waals surface area contributed by atoms with Gasteiger partial charge in [0.2, 0.25) is 5.91 Å². The van der Waals surface area contributed by atoms with Crippen LogP contribution in [0.15, 0.2) is 59.1 Å². The number of amides is 1. The number of thioether (sulfide) groups is 1. The molecule has 1 fully saturated rings. The Morgan fingerprint density at radius 2 is 1.85 bits per heavy atom. The monoisotopic (exact) mass is 383 g/mol. The maximum atomic E-state index is 14.2. The van der Waals surface area contributed by atoms with Gasteiger partial charge in [-0.05, 0) is 35.9 Å². The Morgan fingerprint density at radius 3 is 2.56 bits per heavy atom. The molecule has 2 aliphatic rings. The maximum absolute atomic E-state index is 14.2. The Kier molecular flexibility index (Phi) is 4.58. The highest BCUT2D eigenvalue weighted by Crippen LogP contribution is 2.43. The largest absolute Gasteiger partial charge is 0.344 e. The zero-order valence-corrected chi connectivity index (χ0v) is 15.0. The smallest absolute Gasteiger partial charge is 0.229 e. The van der Waals surface area contributed by atoms with Crippen LogP contribution in [0.3, 0.4) is 0 Å². The van der Waals surface area contributed by atoms with Gasteiger partial charge in [-0.25, -0.2) is 8.78 Å². The number of fused-ring (bicyclic) bond motifs is 1.